The zero-order chi connectivity index (χ0) is 16.7. The van der Waals surface area contributed by atoms with Crippen LogP contribution in [0.3, 0.4) is 0 Å². The number of benzene rings is 1. The third kappa shape index (κ3) is 2.81. The van der Waals surface area contributed by atoms with E-state index in [1.54, 1.807) is 6.07 Å². The van der Waals surface area contributed by atoms with E-state index >= 15 is 0 Å². The first kappa shape index (κ1) is 15.3. The maximum atomic E-state index is 13.6. The van der Waals surface area contributed by atoms with Crippen LogP contribution in [0.2, 0.25) is 0 Å². The molecule has 2 aromatic rings. The van der Waals surface area contributed by atoms with Crippen LogP contribution in [0.1, 0.15) is 54.3 Å². The van der Waals surface area contributed by atoms with Crippen molar-refractivity contribution in [2.75, 3.05) is 6.61 Å². The van der Waals surface area contributed by atoms with E-state index in [-0.39, 0.29) is 29.5 Å². The Hall–Kier alpha value is -2.23. The first-order valence-corrected chi connectivity index (χ1v) is 8.57. The van der Waals surface area contributed by atoms with E-state index in [2.05, 4.69) is 11.1 Å². The second kappa shape index (κ2) is 6.00. The number of hydrogen-bond donors (Lipinski definition) is 0. The number of rotatable bonds is 5. The fraction of sp³-hybridized carbons (Fsp3) is 0.400. The largest absolute Gasteiger partial charge is 0.466 e. The molecule has 1 aromatic carbocycles. The summed E-state index contributed by atoms with van der Waals surface area (Å²) in [5.41, 5.74) is 3.09. The molecule has 124 valence electrons. The molecule has 2 fully saturated rings. The fourth-order valence-electron chi connectivity index (χ4n) is 3.66. The second-order valence-electron chi connectivity index (χ2n) is 6.67. The molecule has 0 radical (unpaired) electrons. The van der Waals surface area contributed by atoms with Crippen molar-refractivity contribution in [1.29, 1.82) is 0 Å². The van der Waals surface area contributed by atoms with Gasteiger partial charge in [0.25, 0.3) is 0 Å². The first-order valence-electron chi connectivity index (χ1n) is 8.57. The van der Waals surface area contributed by atoms with Crippen molar-refractivity contribution in [1.82, 2.24) is 4.98 Å². The van der Waals surface area contributed by atoms with E-state index in [0.29, 0.717) is 12.5 Å². The molecule has 0 bridgehead atoms. The number of hydrogen-bond acceptors (Lipinski definition) is 3. The van der Waals surface area contributed by atoms with Gasteiger partial charge in [0.1, 0.15) is 5.82 Å². The lowest BCUT2D eigenvalue weighted by Gasteiger charge is -2.04. The van der Waals surface area contributed by atoms with E-state index in [0.717, 1.165) is 16.8 Å². The molecule has 2 saturated carbocycles. The minimum Gasteiger partial charge on any atom is -0.466 e. The van der Waals surface area contributed by atoms with Crippen molar-refractivity contribution < 1.29 is 13.9 Å². The lowest BCUT2D eigenvalue weighted by Crippen LogP contribution is -2.08. The van der Waals surface area contributed by atoms with E-state index in [1.165, 1.54) is 25.0 Å². The number of aromatic nitrogens is 1. The number of pyridine rings is 1. The number of halogens is 1. The summed E-state index contributed by atoms with van der Waals surface area (Å²) in [5.74, 6) is -0.102. The van der Waals surface area contributed by atoms with Crippen molar-refractivity contribution in [2.24, 2.45) is 5.92 Å². The molecule has 3 atom stereocenters. The molecular weight excluding hydrogens is 305 g/mol. The van der Waals surface area contributed by atoms with Gasteiger partial charge < -0.3 is 4.74 Å². The minimum atomic E-state index is -0.269. The summed E-state index contributed by atoms with van der Waals surface area (Å²) in [7, 11) is 0. The molecule has 0 spiro atoms. The molecule has 3 nitrogen and oxygen atoms in total. The normalized spacial score (nSPS) is 25.3. The highest BCUT2D eigenvalue weighted by molar-refractivity contribution is 5.80. The molecule has 1 aromatic heterocycles. The predicted octanol–water partition coefficient (Wildman–Crippen LogP) is 4.16. The molecule has 0 N–H and O–H groups in total. The van der Waals surface area contributed by atoms with Gasteiger partial charge >= 0.3 is 5.97 Å². The van der Waals surface area contributed by atoms with Crippen LogP contribution in [0, 0.1) is 11.7 Å². The van der Waals surface area contributed by atoms with Crippen LogP contribution in [-0.4, -0.2) is 17.6 Å². The summed E-state index contributed by atoms with van der Waals surface area (Å²) >= 11 is 0. The predicted molar refractivity (Wildman–Crippen MR) is 88.2 cm³/mol. The van der Waals surface area contributed by atoms with Gasteiger partial charge in [0.05, 0.1) is 12.5 Å². The van der Waals surface area contributed by atoms with Gasteiger partial charge in [-0.1, -0.05) is 12.1 Å². The van der Waals surface area contributed by atoms with Crippen LogP contribution in [0.15, 0.2) is 42.6 Å². The Bertz CT molecular complexity index is 772. The molecule has 1 heterocycles. The van der Waals surface area contributed by atoms with Gasteiger partial charge in [-0.2, -0.15) is 0 Å². The third-order valence-electron chi connectivity index (χ3n) is 5.00. The van der Waals surface area contributed by atoms with Crippen molar-refractivity contribution in [3.8, 4) is 0 Å². The van der Waals surface area contributed by atoms with Crippen LogP contribution in [-0.2, 0) is 9.53 Å². The Kier molecular flexibility index (Phi) is 3.83. The SMILES string of the molecule is CCOC(=O)[C@@H]1[C@H](c2cccc(F)c2)[C@H]1c1ccnc(C2CC2)c1. The lowest BCUT2D eigenvalue weighted by molar-refractivity contribution is -0.144. The summed E-state index contributed by atoms with van der Waals surface area (Å²) in [6, 6.07) is 10.6. The molecule has 2 aliphatic carbocycles. The zero-order valence-electron chi connectivity index (χ0n) is 13.6. The van der Waals surface area contributed by atoms with Crippen LogP contribution in [0.5, 0.6) is 0 Å². The van der Waals surface area contributed by atoms with E-state index < -0.39 is 0 Å². The van der Waals surface area contributed by atoms with Crippen molar-refractivity contribution in [3.05, 3.63) is 65.2 Å². The second-order valence-corrected chi connectivity index (χ2v) is 6.67. The van der Waals surface area contributed by atoms with Crippen molar-refractivity contribution in [3.63, 3.8) is 0 Å². The highest BCUT2D eigenvalue weighted by Gasteiger charge is 2.57. The molecule has 2 aliphatic rings. The molecule has 4 heteroatoms. The van der Waals surface area contributed by atoms with Gasteiger partial charge in [0, 0.05) is 29.6 Å². The van der Waals surface area contributed by atoms with Gasteiger partial charge in [-0.25, -0.2) is 4.39 Å². The average Bonchev–Trinajstić information content (AvgIpc) is 3.48. The van der Waals surface area contributed by atoms with Gasteiger partial charge in [0.15, 0.2) is 0 Å². The maximum absolute atomic E-state index is 13.6. The van der Waals surface area contributed by atoms with Crippen molar-refractivity contribution >= 4 is 5.97 Å². The van der Waals surface area contributed by atoms with Gasteiger partial charge in [-0.15, -0.1) is 0 Å². The molecule has 0 amide bonds. The highest BCUT2D eigenvalue weighted by Crippen LogP contribution is 2.61. The molecule has 24 heavy (non-hydrogen) atoms. The summed E-state index contributed by atoms with van der Waals surface area (Å²) < 4.78 is 18.9. The van der Waals surface area contributed by atoms with Gasteiger partial charge in [-0.05, 0) is 55.2 Å². The van der Waals surface area contributed by atoms with Crippen molar-refractivity contribution in [2.45, 2.75) is 37.5 Å². The smallest absolute Gasteiger partial charge is 0.310 e. The van der Waals surface area contributed by atoms with E-state index in [1.807, 2.05) is 25.3 Å². The Morgan fingerprint density at radius 1 is 1.21 bits per heavy atom. The fourth-order valence-corrected chi connectivity index (χ4v) is 3.66. The summed E-state index contributed by atoms with van der Waals surface area (Å²) in [6.45, 7) is 2.17. The van der Waals surface area contributed by atoms with Gasteiger partial charge in [0.2, 0.25) is 0 Å². The molecular formula is C20H20FNO2. The van der Waals surface area contributed by atoms with Crippen LogP contribution < -0.4 is 0 Å². The van der Waals surface area contributed by atoms with E-state index in [4.69, 9.17) is 4.74 Å². The highest BCUT2D eigenvalue weighted by atomic mass is 19.1. The first-order chi connectivity index (χ1) is 11.7. The Morgan fingerprint density at radius 2 is 1.96 bits per heavy atom. The number of carbonyl (C=O) groups excluding carboxylic acids is 1. The number of ether oxygens (including phenoxy) is 1. The monoisotopic (exact) mass is 325 g/mol. The quantitative estimate of drug-likeness (QED) is 0.775. The van der Waals surface area contributed by atoms with E-state index in [9.17, 15) is 9.18 Å². The summed E-state index contributed by atoms with van der Waals surface area (Å²) in [4.78, 5) is 16.8. The Labute approximate surface area is 140 Å². The van der Waals surface area contributed by atoms with Gasteiger partial charge in [-0.3, -0.25) is 9.78 Å². The molecule has 4 rings (SSSR count). The summed E-state index contributed by atoms with van der Waals surface area (Å²) in [6.07, 6.45) is 4.21. The molecule has 0 unspecified atom stereocenters. The lowest BCUT2D eigenvalue weighted by atomic mass is 10.0. The minimum absolute atomic E-state index is 0.0193. The summed E-state index contributed by atoms with van der Waals surface area (Å²) in [5, 5.41) is 0. The number of carbonyl (C=O) groups is 1. The Morgan fingerprint density at radius 3 is 2.62 bits per heavy atom. The maximum Gasteiger partial charge on any atom is 0.310 e. The number of esters is 1. The van der Waals surface area contributed by atoms with Crippen LogP contribution in [0.25, 0.3) is 0 Å². The topological polar surface area (TPSA) is 39.2 Å². The zero-order valence-corrected chi connectivity index (χ0v) is 13.6. The number of nitrogens with zero attached hydrogens (tertiary/aromatic N) is 1. The Balaban J connectivity index is 1.66. The molecule has 0 saturated heterocycles. The molecule has 0 aliphatic heterocycles. The van der Waals surface area contributed by atoms with Crippen LogP contribution in [0.4, 0.5) is 4.39 Å². The standard InChI is InChI=1S/C20H20FNO2/c1-2-24-20(23)19-17(13-4-3-5-15(21)10-13)18(19)14-8-9-22-16(11-14)12-6-7-12/h3-5,8-12,17-19H,2,6-7H2,1H3/t17-,18-,19-/m1/s1. The van der Waals surface area contributed by atoms with Crippen LogP contribution >= 0.6 is 0 Å². The average molecular weight is 325 g/mol. The third-order valence-corrected chi connectivity index (χ3v) is 5.00.